The molecule has 0 unspecified atom stereocenters. The Hall–Kier alpha value is -2.22. The molecule has 0 bridgehead atoms. The van der Waals surface area contributed by atoms with E-state index in [1.165, 1.54) is 16.7 Å². The molecule has 2 aromatic rings. The number of carboxylic acids is 1. The molecule has 0 saturated carbocycles. The molecule has 122 valence electrons. The molecule has 7 nitrogen and oxygen atoms in total. The predicted molar refractivity (Wildman–Crippen MR) is 84.9 cm³/mol. The lowest BCUT2D eigenvalue weighted by molar-refractivity contribution is 0.0690. The van der Waals surface area contributed by atoms with Gasteiger partial charge in [0.05, 0.1) is 5.01 Å². The van der Waals surface area contributed by atoms with Crippen molar-refractivity contribution < 1.29 is 14.7 Å². The minimum atomic E-state index is -1.03. The van der Waals surface area contributed by atoms with E-state index in [9.17, 15) is 9.59 Å². The summed E-state index contributed by atoms with van der Waals surface area (Å²) in [5.74, 6) is -0.656. The zero-order valence-corrected chi connectivity index (χ0v) is 13.6. The number of carbonyl (C=O) groups excluding carboxylic acids is 1. The lowest BCUT2D eigenvalue weighted by Crippen LogP contribution is -2.27. The second-order valence-electron chi connectivity index (χ2n) is 5.81. The Morgan fingerprint density at radius 2 is 2.35 bits per heavy atom. The number of thiazole rings is 1. The van der Waals surface area contributed by atoms with E-state index in [0.29, 0.717) is 29.6 Å². The number of fused-ring (bicyclic) bond motifs is 1. The van der Waals surface area contributed by atoms with Crippen molar-refractivity contribution in [3.8, 4) is 0 Å². The van der Waals surface area contributed by atoms with Crippen molar-refractivity contribution in [1.29, 1.82) is 0 Å². The first-order valence-corrected chi connectivity index (χ1v) is 8.44. The number of aromatic amines is 1. The molecule has 3 N–H and O–H groups in total. The lowest BCUT2D eigenvalue weighted by Gasteiger charge is -2.17. The summed E-state index contributed by atoms with van der Waals surface area (Å²) in [5.41, 5.74) is 2.63. The third-order valence-corrected chi connectivity index (χ3v) is 4.91. The molecular formula is C15H18N4O3S. The summed E-state index contributed by atoms with van der Waals surface area (Å²) in [7, 11) is 0. The highest BCUT2D eigenvalue weighted by molar-refractivity contribution is 7.09. The van der Waals surface area contributed by atoms with Gasteiger partial charge in [0.25, 0.3) is 5.91 Å². The molecule has 0 fully saturated rings. The molecule has 0 saturated heterocycles. The van der Waals surface area contributed by atoms with Crippen LogP contribution in [0.2, 0.25) is 0 Å². The minimum Gasteiger partial charge on any atom is -0.476 e. The maximum atomic E-state index is 12.3. The Morgan fingerprint density at radius 3 is 3.09 bits per heavy atom. The van der Waals surface area contributed by atoms with Crippen molar-refractivity contribution in [2.24, 2.45) is 5.92 Å². The van der Waals surface area contributed by atoms with Crippen molar-refractivity contribution in [1.82, 2.24) is 20.5 Å². The van der Waals surface area contributed by atoms with Crippen LogP contribution in [0.1, 0.15) is 50.6 Å². The summed E-state index contributed by atoms with van der Waals surface area (Å²) < 4.78 is 0. The molecule has 23 heavy (non-hydrogen) atoms. The molecule has 0 spiro atoms. The molecule has 1 atom stereocenters. The van der Waals surface area contributed by atoms with Crippen LogP contribution in [0.4, 0.5) is 0 Å². The number of hydrogen-bond acceptors (Lipinski definition) is 5. The van der Waals surface area contributed by atoms with Gasteiger partial charge in [-0.15, -0.1) is 11.3 Å². The van der Waals surface area contributed by atoms with Crippen LogP contribution in [0, 0.1) is 5.92 Å². The number of nitrogens with zero attached hydrogens (tertiary/aromatic N) is 2. The molecule has 3 rings (SSSR count). The predicted octanol–water partition coefficient (Wildman–Crippen LogP) is 1.66. The Kier molecular flexibility index (Phi) is 4.42. The number of H-pyrrole nitrogens is 1. The van der Waals surface area contributed by atoms with Gasteiger partial charge in [0.15, 0.2) is 11.4 Å². The SMILES string of the molecule is C[C@@H]1CCc2[nH]nc(C(=O)NCCc3nc(C(=O)O)cs3)c2C1. The third kappa shape index (κ3) is 3.42. The number of carbonyl (C=O) groups is 2. The molecule has 2 heterocycles. The maximum Gasteiger partial charge on any atom is 0.355 e. The maximum absolute atomic E-state index is 12.3. The minimum absolute atomic E-state index is 0.0479. The average Bonchev–Trinajstić information content (AvgIpc) is 3.13. The smallest absolute Gasteiger partial charge is 0.355 e. The number of hydrogen-bond donors (Lipinski definition) is 3. The molecule has 1 aliphatic rings. The van der Waals surface area contributed by atoms with Crippen molar-refractivity contribution in [2.75, 3.05) is 6.54 Å². The standard InChI is InChI=1S/C15H18N4O3S/c1-8-2-3-10-9(6-8)13(19-18-10)14(20)16-5-4-12-17-11(7-23-12)15(21)22/h7-8H,2-6H2,1H3,(H,16,20)(H,18,19)(H,21,22)/t8-/m1/s1. The van der Waals surface area contributed by atoms with Crippen molar-refractivity contribution in [3.63, 3.8) is 0 Å². The summed E-state index contributed by atoms with van der Waals surface area (Å²) in [6.45, 7) is 2.59. The zero-order valence-electron chi connectivity index (χ0n) is 12.8. The van der Waals surface area contributed by atoms with Crippen molar-refractivity contribution >= 4 is 23.2 Å². The van der Waals surface area contributed by atoms with Crippen LogP contribution in [0.25, 0.3) is 0 Å². The Labute approximate surface area is 137 Å². The average molecular weight is 334 g/mol. The molecule has 0 aliphatic heterocycles. The van der Waals surface area contributed by atoms with Gasteiger partial charge in [0.1, 0.15) is 0 Å². The number of rotatable bonds is 5. The van der Waals surface area contributed by atoms with E-state index in [2.05, 4.69) is 27.4 Å². The Bertz CT molecular complexity index is 737. The van der Waals surface area contributed by atoms with Gasteiger partial charge in [-0.25, -0.2) is 9.78 Å². The first kappa shape index (κ1) is 15.7. The molecule has 0 radical (unpaired) electrons. The Morgan fingerprint density at radius 1 is 1.52 bits per heavy atom. The van der Waals surface area contributed by atoms with E-state index in [-0.39, 0.29) is 11.6 Å². The first-order valence-electron chi connectivity index (χ1n) is 7.56. The second-order valence-corrected chi connectivity index (χ2v) is 6.76. The van der Waals surface area contributed by atoms with Gasteiger partial charge in [-0.1, -0.05) is 6.92 Å². The van der Waals surface area contributed by atoms with Crippen molar-refractivity contribution in [2.45, 2.75) is 32.6 Å². The fourth-order valence-electron chi connectivity index (χ4n) is 2.75. The molecule has 0 aromatic carbocycles. The third-order valence-electron chi connectivity index (χ3n) is 4.00. The quantitative estimate of drug-likeness (QED) is 0.771. The number of nitrogens with one attached hydrogen (secondary N) is 2. The highest BCUT2D eigenvalue weighted by Gasteiger charge is 2.24. The monoisotopic (exact) mass is 334 g/mol. The Balaban J connectivity index is 1.57. The molecule has 8 heteroatoms. The lowest BCUT2D eigenvalue weighted by atomic mass is 9.87. The van der Waals surface area contributed by atoms with Crippen molar-refractivity contribution in [3.05, 3.63) is 33.0 Å². The van der Waals surface area contributed by atoms with Crippen LogP contribution in [0.5, 0.6) is 0 Å². The topological polar surface area (TPSA) is 108 Å². The van der Waals surface area contributed by atoms with Gasteiger partial charge in [-0.2, -0.15) is 5.10 Å². The van der Waals surface area contributed by atoms with Crippen LogP contribution in [-0.2, 0) is 19.3 Å². The number of aromatic carboxylic acids is 1. The fraction of sp³-hybridized carbons (Fsp3) is 0.467. The van der Waals surface area contributed by atoms with Crippen LogP contribution in [0.3, 0.4) is 0 Å². The van der Waals surface area contributed by atoms with Gasteiger partial charge in [-0.3, -0.25) is 9.89 Å². The van der Waals surface area contributed by atoms with E-state index in [0.717, 1.165) is 30.5 Å². The van der Waals surface area contributed by atoms with Crippen LogP contribution < -0.4 is 5.32 Å². The number of aryl methyl sites for hydroxylation is 1. The normalized spacial score (nSPS) is 16.8. The van der Waals surface area contributed by atoms with Gasteiger partial charge in [0, 0.05) is 29.6 Å². The largest absolute Gasteiger partial charge is 0.476 e. The van der Waals surface area contributed by atoms with Gasteiger partial charge < -0.3 is 10.4 Å². The summed E-state index contributed by atoms with van der Waals surface area (Å²) in [6.07, 6.45) is 3.44. The molecule has 1 aliphatic carbocycles. The van der Waals surface area contributed by atoms with E-state index in [1.807, 2.05) is 0 Å². The van der Waals surface area contributed by atoms with E-state index in [1.54, 1.807) is 0 Å². The zero-order chi connectivity index (χ0) is 16.4. The summed E-state index contributed by atoms with van der Waals surface area (Å²) in [5, 5.41) is 21.0. The van der Waals surface area contributed by atoms with Crippen LogP contribution in [-0.4, -0.2) is 38.7 Å². The highest BCUT2D eigenvalue weighted by Crippen LogP contribution is 2.26. The van der Waals surface area contributed by atoms with Crippen LogP contribution >= 0.6 is 11.3 Å². The number of aromatic nitrogens is 3. The fourth-order valence-corrected chi connectivity index (χ4v) is 3.52. The first-order chi connectivity index (χ1) is 11.0. The summed E-state index contributed by atoms with van der Waals surface area (Å²) in [4.78, 5) is 27.1. The van der Waals surface area contributed by atoms with Gasteiger partial charge in [-0.05, 0) is 25.2 Å². The van der Waals surface area contributed by atoms with E-state index >= 15 is 0 Å². The highest BCUT2D eigenvalue weighted by atomic mass is 32.1. The second kappa shape index (κ2) is 6.49. The molecule has 1 amide bonds. The van der Waals surface area contributed by atoms with E-state index in [4.69, 9.17) is 5.11 Å². The van der Waals surface area contributed by atoms with Gasteiger partial charge >= 0.3 is 5.97 Å². The summed E-state index contributed by atoms with van der Waals surface area (Å²) in [6, 6.07) is 0. The number of amides is 1. The molecular weight excluding hydrogens is 316 g/mol. The van der Waals surface area contributed by atoms with E-state index < -0.39 is 5.97 Å². The molecule has 2 aromatic heterocycles. The number of carboxylic acid groups (broad SMARTS) is 1. The summed E-state index contributed by atoms with van der Waals surface area (Å²) >= 11 is 1.29. The van der Waals surface area contributed by atoms with Crippen LogP contribution in [0.15, 0.2) is 5.38 Å². The van der Waals surface area contributed by atoms with Gasteiger partial charge in [0.2, 0.25) is 0 Å².